The number of imidazole rings is 1. The Morgan fingerprint density at radius 2 is 1.82 bits per heavy atom. The van der Waals surface area contributed by atoms with E-state index in [0.29, 0.717) is 28.4 Å². The Morgan fingerprint density at radius 3 is 2.74 bits per heavy atom. The molecule has 1 amide bonds. The predicted molar refractivity (Wildman–Crippen MR) is 130 cm³/mol. The monoisotopic (exact) mass is 467 g/mol. The third-order valence-electron chi connectivity index (χ3n) is 5.22. The molecule has 0 saturated heterocycles. The fourth-order valence-corrected chi connectivity index (χ4v) is 4.16. The minimum Gasteiger partial charge on any atom is -0.411 e. The van der Waals surface area contributed by atoms with Crippen molar-refractivity contribution in [3.63, 3.8) is 0 Å². The number of aromatic nitrogens is 6. The van der Waals surface area contributed by atoms with Crippen molar-refractivity contribution in [3.8, 4) is 23.0 Å². The van der Waals surface area contributed by atoms with Crippen molar-refractivity contribution in [3.05, 3.63) is 72.8 Å². The number of hydrogen-bond donors (Lipinski definition) is 3. The first-order valence-electron chi connectivity index (χ1n) is 10.5. The largest absolute Gasteiger partial charge is 0.411 e. The predicted octanol–water partition coefficient (Wildman–Crippen LogP) is 4.89. The Kier molecular flexibility index (Phi) is 5.04. The molecule has 6 aromatic rings. The van der Waals surface area contributed by atoms with Gasteiger partial charge in [0.05, 0.1) is 16.8 Å². The summed E-state index contributed by atoms with van der Waals surface area (Å²) in [6.45, 7) is 0. The Labute approximate surface area is 197 Å². The van der Waals surface area contributed by atoms with Crippen LogP contribution in [0.1, 0.15) is 0 Å². The van der Waals surface area contributed by atoms with E-state index in [0.717, 1.165) is 39.1 Å². The molecule has 3 heterocycles. The van der Waals surface area contributed by atoms with Crippen LogP contribution in [0.3, 0.4) is 0 Å². The Balaban J connectivity index is 1.08. The lowest BCUT2D eigenvalue weighted by Crippen LogP contribution is -2.14. The SMILES string of the molecule is O=C(CSc1nnc(-c2ccc3ccccc3c2)o1)Nc1cc(-c2nc3ccccc3[nH]2)[nH]n1. The maximum absolute atomic E-state index is 12.4. The molecule has 0 unspecified atom stereocenters. The van der Waals surface area contributed by atoms with E-state index < -0.39 is 0 Å². The summed E-state index contributed by atoms with van der Waals surface area (Å²) in [4.78, 5) is 20.1. The molecule has 0 aliphatic rings. The van der Waals surface area contributed by atoms with Gasteiger partial charge in [-0.2, -0.15) is 5.10 Å². The molecule has 0 spiro atoms. The molecule has 3 aromatic carbocycles. The summed E-state index contributed by atoms with van der Waals surface area (Å²) in [5, 5.41) is 20.5. The smallest absolute Gasteiger partial charge is 0.277 e. The molecule has 0 bridgehead atoms. The van der Waals surface area contributed by atoms with Gasteiger partial charge >= 0.3 is 0 Å². The molecule has 0 aliphatic heterocycles. The summed E-state index contributed by atoms with van der Waals surface area (Å²) in [6, 6.07) is 23.5. The third-order valence-corrected chi connectivity index (χ3v) is 6.04. The van der Waals surface area contributed by atoms with E-state index in [1.165, 1.54) is 0 Å². The minimum absolute atomic E-state index is 0.103. The number of rotatable bonds is 6. The molecule has 10 heteroatoms. The second kappa shape index (κ2) is 8.49. The van der Waals surface area contributed by atoms with Crippen LogP contribution < -0.4 is 5.32 Å². The zero-order valence-corrected chi connectivity index (χ0v) is 18.5. The van der Waals surface area contributed by atoms with E-state index in [-0.39, 0.29) is 11.7 Å². The standard InChI is InChI=1S/C24H17N7O2S/c32-21(27-20-12-19(28-29-20)22-25-17-7-3-4-8-18(17)26-22)13-34-24-31-30-23(33-24)16-10-9-14-5-1-2-6-15(14)11-16/h1-12H,13H2,(H,25,26)(H2,27,28,29,32). The van der Waals surface area contributed by atoms with Gasteiger partial charge in [-0.25, -0.2) is 4.98 Å². The molecular weight excluding hydrogens is 450 g/mol. The number of amides is 1. The molecule has 0 saturated carbocycles. The van der Waals surface area contributed by atoms with Crippen molar-refractivity contribution >= 4 is 45.3 Å². The lowest BCUT2D eigenvalue weighted by atomic mass is 10.1. The fourth-order valence-electron chi connectivity index (χ4n) is 3.60. The summed E-state index contributed by atoms with van der Waals surface area (Å²) in [5.41, 5.74) is 3.29. The summed E-state index contributed by atoms with van der Waals surface area (Å²) in [6.07, 6.45) is 0. The number of nitrogens with zero attached hydrogens (tertiary/aromatic N) is 4. The summed E-state index contributed by atoms with van der Waals surface area (Å²) < 4.78 is 5.74. The van der Waals surface area contributed by atoms with Crippen molar-refractivity contribution in [2.24, 2.45) is 0 Å². The number of thioether (sulfide) groups is 1. The van der Waals surface area contributed by atoms with Gasteiger partial charge in [-0.1, -0.05) is 54.2 Å². The van der Waals surface area contributed by atoms with E-state index in [9.17, 15) is 4.79 Å². The molecule has 9 nitrogen and oxygen atoms in total. The van der Waals surface area contributed by atoms with Crippen LogP contribution in [0.4, 0.5) is 5.82 Å². The Morgan fingerprint density at radius 1 is 0.971 bits per heavy atom. The maximum Gasteiger partial charge on any atom is 0.277 e. The molecule has 0 atom stereocenters. The number of hydrogen-bond acceptors (Lipinski definition) is 7. The molecule has 0 aliphatic carbocycles. The van der Waals surface area contributed by atoms with Crippen LogP contribution in [-0.4, -0.2) is 42.0 Å². The summed E-state index contributed by atoms with van der Waals surface area (Å²) in [7, 11) is 0. The zero-order chi connectivity index (χ0) is 22.9. The number of para-hydroxylation sites is 2. The van der Waals surface area contributed by atoms with Crippen molar-refractivity contribution < 1.29 is 9.21 Å². The third kappa shape index (κ3) is 4.02. The van der Waals surface area contributed by atoms with Crippen molar-refractivity contribution in [2.45, 2.75) is 5.22 Å². The van der Waals surface area contributed by atoms with Gasteiger partial charge in [0.1, 0.15) is 5.69 Å². The number of carbonyl (C=O) groups is 1. The second-order valence-electron chi connectivity index (χ2n) is 7.54. The molecule has 0 fully saturated rings. The summed E-state index contributed by atoms with van der Waals surface area (Å²) >= 11 is 1.16. The lowest BCUT2D eigenvalue weighted by Gasteiger charge is -2.00. The highest BCUT2D eigenvalue weighted by molar-refractivity contribution is 7.99. The van der Waals surface area contributed by atoms with E-state index >= 15 is 0 Å². The Bertz CT molecular complexity index is 1600. The highest BCUT2D eigenvalue weighted by atomic mass is 32.2. The van der Waals surface area contributed by atoms with Crippen molar-refractivity contribution in [1.29, 1.82) is 0 Å². The van der Waals surface area contributed by atoms with Gasteiger partial charge in [-0.15, -0.1) is 10.2 Å². The number of nitrogens with one attached hydrogen (secondary N) is 3. The number of benzene rings is 3. The first-order chi connectivity index (χ1) is 16.7. The second-order valence-corrected chi connectivity index (χ2v) is 8.47. The molecule has 0 radical (unpaired) electrons. The summed E-state index contributed by atoms with van der Waals surface area (Å²) in [5.74, 6) is 1.33. The van der Waals surface area contributed by atoms with E-state index in [2.05, 4.69) is 35.7 Å². The van der Waals surface area contributed by atoms with Gasteiger partial charge in [0, 0.05) is 11.6 Å². The van der Waals surface area contributed by atoms with Crippen LogP contribution in [0.15, 0.2) is 82.4 Å². The fraction of sp³-hybridized carbons (Fsp3) is 0.0417. The van der Waals surface area contributed by atoms with Gasteiger partial charge < -0.3 is 14.7 Å². The zero-order valence-electron chi connectivity index (χ0n) is 17.6. The number of carbonyl (C=O) groups excluding carboxylic acids is 1. The number of H-pyrrole nitrogens is 2. The van der Waals surface area contributed by atoms with Crippen LogP contribution in [0.2, 0.25) is 0 Å². The maximum atomic E-state index is 12.4. The molecular formula is C24H17N7O2S. The average molecular weight is 468 g/mol. The number of aromatic amines is 2. The lowest BCUT2D eigenvalue weighted by molar-refractivity contribution is -0.113. The first-order valence-corrected chi connectivity index (χ1v) is 11.5. The molecule has 34 heavy (non-hydrogen) atoms. The van der Waals surface area contributed by atoms with Crippen LogP contribution in [0.25, 0.3) is 44.8 Å². The molecule has 6 rings (SSSR count). The number of anilines is 1. The van der Waals surface area contributed by atoms with Crippen LogP contribution >= 0.6 is 11.8 Å². The van der Waals surface area contributed by atoms with E-state index in [1.54, 1.807) is 6.07 Å². The minimum atomic E-state index is -0.238. The van der Waals surface area contributed by atoms with Crippen LogP contribution in [0, 0.1) is 0 Å². The highest BCUT2D eigenvalue weighted by Gasteiger charge is 2.14. The Hall–Kier alpha value is -4.44. The number of fused-ring (bicyclic) bond motifs is 2. The van der Waals surface area contributed by atoms with E-state index in [4.69, 9.17) is 4.42 Å². The van der Waals surface area contributed by atoms with Crippen molar-refractivity contribution in [1.82, 2.24) is 30.4 Å². The van der Waals surface area contributed by atoms with Crippen LogP contribution in [-0.2, 0) is 4.79 Å². The molecule has 166 valence electrons. The van der Waals surface area contributed by atoms with E-state index in [1.807, 2.05) is 66.7 Å². The van der Waals surface area contributed by atoms with Gasteiger partial charge in [-0.3, -0.25) is 9.89 Å². The molecule has 3 aromatic heterocycles. The quantitative estimate of drug-likeness (QED) is 0.298. The molecule has 3 N–H and O–H groups in total. The van der Waals surface area contributed by atoms with Crippen molar-refractivity contribution in [2.75, 3.05) is 11.1 Å². The first kappa shape index (κ1) is 20.2. The topological polar surface area (TPSA) is 125 Å². The normalized spacial score (nSPS) is 11.3. The van der Waals surface area contributed by atoms with Gasteiger partial charge in [0.25, 0.3) is 5.22 Å². The van der Waals surface area contributed by atoms with Gasteiger partial charge in [0.15, 0.2) is 11.6 Å². The van der Waals surface area contributed by atoms with Gasteiger partial charge in [0.2, 0.25) is 11.8 Å². The average Bonchev–Trinajstić information content (AvgIpc) is 3.61. The van der Waals surface area contributed by atoms with Gasteiger partial charge in [-0.05, 0) is 35.0 Å². The van der Waals surface area contributed by atoms with Crippen LogP contribution in [0.5, 0.6) is 0 Å². The highest BCUT2D eigenvalue weighted by Crippen LogP contribution is 2.26.